The summed E-state index contributed by atoms with van der Waals surface area (Å²) in [5, 5.41) is 9.37. The summed E-state index contributed by atoms with van der Waals surface area (Å²) < 4.78 is 34.6. The van der Waals surface area contributed by atoms with E-state index < -0.39 is 5.82 Å². The van der Waals surface area contributed by atoms with Crippen LogP contribution in [0.25, 0.3) is 16.9 Å². The lowest BCUT2D eigenvalue weighted by Crippen LogP contribution is -2.18. The summed E-state index contributed by atoms with van der Waals surface area (Å²) in [5.41, 5.74) is 4.30. The second kappa shape index (κ2) is 8.16. The first-order valence-electron chi connectivity index (χ1n) is 10.3. The Labute approximate surface area is 173 Å². The first-order valence-corrected chi connectivity index (χ1v) is 10.3. The van der Waals surface area contributed by atoms with Gasteiger partial charge in [0.2, 0.25) is 5.88 Å². The highest BCUT2D eigenvalue weighted by atomic mass is 19.1. The molecule has 1 unspecified atom stereocenters. The predicted octanol–water partition coefficient (Wildman–Crippen LogP) is 3.09. The van der Waals surface area contributed by atoms with Crippen molar-refractivity contribution in [3.05, 3.63) is 41.7 Å². The van der Waals surface area contributed by atoms with Crippen LogP contribution in [0, 0.1) is 5.82 Å². The zero-order chi connectivity index (χ0) is 20.5. The Kier molecular flexibility index (Phi) is 5.22. The molecule has 9 heteroatoms. The Hall–Kier alpha value is -2.78. The molecule has 2 aliphatic rings. The first kappa shape index (κ1) is 19.2. The normalized spacial score (nSPS) is 19.3. The lowest BCUT2D eigenvalue weighted by Gasteiger charge is -2.22. The Bertz CT molecular complexity index is 1040. The molecule has 1 saturated heterocycles. The van der Waals surface area contributed by atoms with Gasteiger partial charge in [-0.2, -0.15) is 10.2 Å². The number of methoxy groups -OCH3 is 1. The van der Waals surface area contributed by atoms with Gasteiger partial charge in [0.1, 0.15) is 11.9 Å². The van der Waals surface area contributed by atoms with E-state index in [1.807, 2.05) is 15.6 Å². The molecule has 0 amide bonds. The minimum Gasteiger partial charge on any atom is -0.479 e. The highest BCUT2D eigenvalue weighted by molar-refractivity contribution is 5.65. The van der Waals surface area contributed by atoms with Gasteiger partial charge in [-0.25, -0.2) is 18.7 Å². The molecular formula is C21H24FN5O3. The lowest BCUT2D eigenvalue weighted by molar-refractivity contribution is -0.0394. The Morgan fingerprint density at radius 1 is 1.17 bits per heavy atom. The van der Waals surface area contributed by atoms with Crippen molar-refractivity contribution in [1.82, 2.24) is 24.5 Å². The molecule has 3 aromatic rings. The van der Waals surface area contributed by atoms with Crippen molar-refractivity contribution in [2.75, 3.05) is 26.9 Å². The topological polar surface area (TPSA) is 76.2 Å². The van der Waals surface area contributed by atoms with Gasteiger partial charge in [0.15, 0.2) is 5.82 Å². The molecule has 0 N–H and O–H groups in total. The number of hydrogen-bond acceptors (Lipinski definition) is 6. The summed E-state index contributed by atoms with van der Waals surface area (Å²) in [7, 11) is 1.40. The number of nitrogens with zero attached hydrogens (tertiary/aromatic N) is 5. The zero-order valence-corrected chi connectivity index (χ0v) is 16.9. The second-order valence-corrected chi connectivity index (χ2v) is 7.51. The van der Waals surface area contributed by atoms with Crippen molar-refractivity contribution in [1.29, 1.82) is 0 Å². The van der Waals surface area contributed by atoms with Crippen molar-refractivity contribution in [2.24, 2.45) is 0 Å². The largest absolute Gasteiger partial charge is 0.479 e. The summed E-state index contributed by atoms with van der Waals surface area (Å²) in [6, 6.07) is 1.42. The Morgan fingerprint density at radius 2 is 2.07 bits per heavy atom. The molecule has 158 valence electrons. The molecule has 5 heterocycles. The third-order valence-corrected chi connectivity index (χ3v) is 5.63. The molecule has 3 aromatic heterocycles. The fourth-order valence-corrected chi connectivity index (χ4v) is 4.13. The van der Waals surface area contributed by atoms with Gasteiger partial charge < -0.3 is 14.2 Å². The first-order chi connectivity index (χ1) is 14.7. The average molecular weight is 413 g/mol. The van der Waals surface area contributed by atoms with Crippen molar-refractivity contribution < 1.29 is 18.6 Å². The molecule has 0 aromatic carbocycles. The maximum Gasteiger partial charge on any atom is 0.250 e. The standard InChI is InChI=1S/C21H24FN5O3/c1-28-21-17(22)10-14(11-23-21)20-16-5-8-29-9-6-18(16)27(25-20)15-12-24-26(13-15)19-4-2-3-7-30-19/h10-13,19H,2-9H2,1H3. The van der Waals surface area contributed by atoms with Crippen LogP contribution < -0.4 is 4.74 Å². The van der Waals surface area contributed by atoms with E-state index in [9.17, 15) is 4.39 Å². The average Bonchev–Trinajstić information content (AvgIpc) is 3.32. The summed E-state index contributed by atoms with van der Waals surface area (Å²) in [4.78, 5) is 4.08. The molecule has 0 bridgehead atoms. The third kappa shape index (κ3) is 3.48. The van der Waals surface area contributed by atoms with Crippen LogP contribution >= 0.6 is 0 Å². The number of rotatable bonds is 4. The maximum atomic E-state index is 14.3. The number of ether oxygens (including phenoxy) is 3. The van der Waals surface area contributed by atoms with Crippen LogP contribution in [0.1, 0.15) is 36.7 Å². The van der Waals surface area contributed by atoms with E-state index in [2.05, 4.69) is 10.1 Å². The van der Waals surface area contributed by atoms with E-state index in [-0.39, 0.29) is 12.1 Å². The highest BCUT2D eigenvalue weighted by Gasteiger charge is 2.24. The number of pyridine rings is 1. The minimum absolute atomic E-state index is 0.0265. The predicted molar refractivity (Wildman–Crippen MR) is 106 cm³/mol. The van der Waals surface area contributed by atoms with Crippen LogP contribution in [0.4, 0.5) is 4.39 Å². The van der Waals surface area contributed by atoms with Gasteiger partial charge in [-0.05, 0) is 31.7 Å². The summed E-state index contributed by atoms with van der Waals surface area (Å²) in [5.74, 6) is -0.535. The molecule has 0 saturated carbocycles. The number of halogens is 1. The zero-order valence-electron chi connectivity index (χ0n) is 16.9. The minimum atomic E-state index is -0.509. The van der Waals surface area contributed by atoms with Crippen LogP contribution in [0.3, 0.4) is 0 Å². The van der Waals surface area contributed by atoms with E-state index >= 15 is 0 Å². The van der Waals surface area contributed by atoms with Crippen LogP contribution in [-0.2, 0) is 22.3 Å². The molecule has 5 rings (SSSR count). The molecule has 30 heavy (non-hydrogen) atoms. The summed E-state index contributed by atoms with van der Waals surface area (Å²) in [6.07, 6.45) is 9.93. The SMILES string of the molecule is COc1ncc(-c2nn(-c3cnn(C4CCCCO4)c3)c3c2CCOCC3)cc1F. The maximum absolute atomic E-state index is 14.3. The molecule has 1 atom stereocenters. The lowest BCUT2D eigenvalue weighted by atomic mass is 10.0. The van der Waals surface area contributed by atoms with E-state index in [0.29, 0.717) is 30.9 Å². The van der Waals surface area contributed by atoms with Crippen molar-refractivity contribution in [2.45, 2.75) is 38.3 Å². The second-order valence-electron chi connectivity index (χ2n) is 7.51. The van der Waals surface area contributed by atoms with Crippen LogP contribution in [-0.4, -0.2) is 51.5 Å². The van der Waals surface area contributed by atoms with E-state index in [4.69, 9.17) is 19.3 Å². The quantitative estimate of drug-likeness (QED) is 0.654. The van der Waals surface area contributed by atoms with Crippen LogP contribution in [0.2, 0.25) is 0 Å². The smallest absolute Gasteiger partial charge is 0.250 e. The van der Waals surface area contributed by atoms with E-state index in [1.165, 1.54) is 13.2 Å². The molecule has 2 aliphatic heterocycles. The van der Waals surface area contributed by atoms with Gasteiger partial charge >= 0.3 is 0 Å². The summed E-state index contributed by atoms with van der Waals surface area (Å²) in [6.45, 7) is 1.98. The van der Waals surface area contributed by atoms with E-state index in [0.717, 1.165) is 49.2 Å². The summed E-state index contributed by atoms with van der Waals surface area (Å²) >= 11 is 0. The molecule has 1 fully saturated rings. The third-order valence-electron chi connectivity index (χ3n) is 5.63. The van der Waals surface area contributed by atoms with E-state index in [1.54, 1.807) is 12.4 Å². The Balaban J connectivity index is 1.56. The number of hydrogen-bond donors (Lipinski definition) is 0. The fraction of sp³-hybridized carbons (Fsp3) is 0.476. The number of aromatic nitrogens is 5. The van der Waals surface area contributed by atoms with Crippen molar-refractivity contribution in [3.8, 4) is 22.8 Å². The Morgan fingerprint density at radius 3 is 2.87 bits per heavy atom. The van der Waals surface area contributed by atoms with Crippen LogP contribution in [0.5, 0.6) is 5.88 Å². The molecule has 0 aliphatic carbocycles. The number of fused-ring (bicyclic) bond motifs is 1. The monoisotopic (exact) mass is 413 g/mol. The van der Waals surface area contributed by atoms with Gasteiger partial charge in [-0.15, -0.1) is 0 Å². The molecule has 0 spiro atoms. The van der Waals surface area contributed by atoms with Gasteiger partial charge in [0.05, 0.1) is 44.1 Å². The molecular weight excluding hydrogens is 389 g/mol. The van der Waals surface area contributed by atoms with Crippen LogP contribution in [0.15, 0.2) is 24.7 Å². The highest BCUT2D eigenvalue weighted by Crippen LogP contribution is 2.31. The fourth-order valence-electron chi connectivity index (χ4n) is 4.13. The van der Waals surface area contributed by atoms with Gasteiger partial charge in [-0.3, -0.25) is 0 Å². The van der Waals surface area contributed by atoms with Crippen molar-refractivity contribution in [3.63, 3.8) is 0 Å². The van der Waals surface area contributed by atoms with Gasteiger partial charge in [0.25, 0.3) is 0 Å². The van der Waals surface area contributed by atoms with Crippen molar-refractivity contribution >= 4 is 0 Å². The molecule has 0 radical (unpaired) electrons. The molecule has 8 nitrogen and oxygen atoms in total. The van der Waals surface area contributed by atoms with Gasteiger partial charge in [0, 0.05) is 30.4 Å². The van der Waals surface area contributed by atoms with Gasteiger partial charge in [-0.1, -0.05) is 0 Å².